The van der Waals surface area contributed by atoms with Crippen molar-refractivity contribution in [2.75, 3.05) is 13.2 Å². The fourth-order valence-electron chi connectivity index (χ4n) is 2.25. The Balaban J connectivity index is 2.29. The molecule has 1 saturated carbocycles. The highest BCUT2D eigenvalue weighted by Crippen LogP contribution is 2.31. The minimum Gasteiger partial charge on any atom is -0.396 e. The molecule has 1 aliphatic rings. The predicted molar refractivity (Wildman–Crippen MR) is 48.9 cm³/mol. The first-order valence-corrected chi connectivity index (χ1v) is 5.10. The number of aliphatic hydroxyl groups is 2. The molecule has 0 amide bonds. The number of aliphatic hydroxyl groups excluding tert-OH is 2. The lowest BCUT2D eigenvalue weighted by atomic mass is 9.79. The van der Waals surface area contributed by atoms with Gasteiger partial charge in [0.15, 0.2) is 0 Å². The first kappa shape index (κ1) is 10.0. The molecule has 0 saturated heterocycles. The quantitative estimate of drug-likeness (QED) is 0.675. The van der Waals surface area contributed by atoms with E-state index in [1.54, 1.807) is 0 Å². The van der Waals surface area contributed by atoms with Crippen molar-refractivity contribution in [1.82, 2.24) is 0 Å². The maximum absolute atomic E-state index is 9.10. The molecular weight excluding hydrogens is 152 g/mol. The Morgan fingerprint density at radius 2 is 1.75 bits per heavy atom. The monoisotopic (exact) mass is 172 g/mol. The van der Waals surface area contributed by atoms with Crippen molar-refractivity contribution in [1.29, 1.82) is 0 Å². The molecule has 1 atom stereocenters. The van der Waals surface area contributed by atoms with E-state index in [-0.39, 0.29) is 13.2 Å². The zero-order valence-electron chi connectivity index (χ0n) is 7.71. The van der Waals surface area contributed by atoms with Crippen molar-refractivity contribution in [3.8, 4) is 0 Å². The van der Waals surface area contributed by atoms with Gasteiger partial charge in [-0.1, -0.05) is 32.1 Å². The standard InChI is InChI=1S/C10H20O2/c11-7-6-10(8-12)9-4-2-1-3-5-9/h9-12H,1-8H2/t10-/m1/s1. The first-order valence-electron chi connectivity index (χ1n) is 5.10. The SMILES string of the molecule is OCC[C@H](CO)C1CCCCC1. The zero-order chi connectivity index (χ0) is 8.81. The summed E-state index contributed by atoms with van der Waals surface area (Å²) >= 11 is 0. The number of hydrogen-bond donors (Lipinski definition) is 2. The molecule has 0 spiro atoms. The van der Waals surface area contributed by atoms with Gasteiger partial charge in [0.1, 0.15) is 0 Å². The van der Waals surface area contributed by atoms with Gasteiger partial charge in [0.2, 0.25) is 0 Å². The number of hydrogen-bond acceptors (Lipinski definition) is 2. The van der Waals surface area contributed by atoms with Crippen molar-refractivity contribution in [3.05, 3.63) is 0 Å². The molecule has 2 nitrogen and oxygen atoms in total. The minimum atomic E-state index is 0.224. The van der Waals surface area contributed by atoms with Gasteiger partial charge in [-0.15, -0.1) is 0 Å². The van der Waals surface area contributed by atoms with E-state index < -0.39 is 0 Å². The van der Waals surface area contributed by atoms with Crippen LogP contribution in [-0.4, -0.2) is 23.4 Å². The van der Waals surface area contributed by atoms with E-state index in [1.165, 1.54) is 32.1 Å². The lowest BCUT2D eigenvalue weighted by Gasteiger charge is -2.28. The Kier molecular flexibility index (Phi) is 4.62. The van der Waals surface area contributed by atoms with Crippen molar-refractivity contribution in [3.63, 3.8) is 0 Å². The third-order valence-corrected chi connectivity index (χ3v) is 3.05. The van der Waals surface area contributed by atoms with E-state index in [0.717, 1.165) is 6.42 Å². The topological polar surface area (TPSA) is 40.5 Å². The molecule has 12 heavy (non-hydrogen) atoms. The maximum Gasteiger partial charge on any atom is 0.0462 e. The second kappa shape index (κ2) is 5.55. The first-order chi connectivity index (χ1) is 5.88. The van der Waals surface area contributed by atoms with Crippen LogP contribution in [0.25, 0.3) is 0 Å². The van der Waals surface area contributed by atoms with Gasteiger partial charge in [-0.25, -0.2) is 0 Å². The van der Waals surface area contributed by atoms with Crippen molar-refractivity contribution < 1.29 is 10.2 Å². The van der Waals surface area contributed by atoms with E-state index in [9.17, 15) is 0 Å². The van der Waals surface area contributed by atoms with Crippen LogP contribution in [0, 0.1) is 11.8 Å². The van der Waals surface area contributed by atoms with E-state index >= 15 is 0 Å². The Morgan fingerprint density at radius 3 is 2.25 bits per heavy atom. The molecule has 0 unspecified atom stereocenters. The summed E-state index contributed by atoms with van der Waals surface area (Å²) < 4.78 is 0. The third kappa shape index (κ3) is 2.76. The molecule has 0 heterocycles. The van der Waals surface area contributed by atoms with Crippen molar-refractivity contribution in [2.45, 2.75) is 38.5 Å². The van der Waals surface area contributed by atoms with Crippen LogP contribution in [0.15, 0.2) is 0 Å². The van der Waals surface area contributed by atoms with Gasteiger partial charge in [-0.3, -0.25) is 0 Å². The Morgan fingerprint density at radius 1 is 1.08 bits per heavy atom. The molecule has 72 valence electrons. The highest BCUT2D eigenvalue weighted by atomic mass is 16.3. The van der Waals surface area contributed by atoms with Crippen LogP contribution >= 0.6 is 0 Å². The molecule has 0 aliphatic heterocycles. The second-order valence-electron chi connectivity index (χ2n) is 3.85. The fourth-order valence-corrected chi connectivity index (χ4v) is 2.25. The molecule has 0 bridgehead atoms. The van der Waals surface area contributed by atoms with Crippen LogP contribution in [-0.2, 0) is 0 Å². The summed E-state index contributed by atoms with van der Waals surface area (Å²) in [5.74, 6) is 1.03. The molecule has 0 aromatic heterocycles. The molecule has 1 fully saturated rings. The van der Waals surface area contributed by atoms with Gasteiger partial charge >= 0.3 is 0 Å². The summed E-state index contributed by atoms with van der Waals surface area (Å²) in [7, 11) is 0. The summed E-state index contributed by atoms with van der Waals surface area (Å²) in [4.78, 5) is 0. The summed E-state index contributed by atoms with van der Waals surface area (Å²) in [6.07, 6.45) is 7.27. The van der Waals surface area contributed by atoms with Crippen LogP contribution in [0.4, 0.5) is 0 Å². The zero-order valence-corrected chi connectivity index (χ0v) is 7.71. The molecule has 1 aliphatic carbocycles. The van der Waals surface area contributed by atoms with E-state index in [2.05, 4.69) is 0 Å². The fraction of sp³-hybridized carbons (Fsp3) is 1.00. The van der Waals surface area contributed by atoms with Crippen LogP contribution in [0.3, 0.4) is 0 Å². The van der Waals surface area contributed by atoms with Gasteiger partial charge in [-0.2, -0.15) is 0 Å². The normalized spacial score (nSPS) is 22.5. The highest BCUT2D eigenvalue weighted by Gasteiger charge is 2.22. The van der Waals surface area contributed by atoms with Crippen LogP contribution in [0.2, 0.25) is 0 Å². The smallest absolute Gasteiger partial charge is 0.0462 e. The highest BCUT2D eigenvalue weighted by molar-refractivity contribution is 4.73. The third-order valence-electron chi connectivity index (χ3n) is 3.05. The summed E-state index contributed by atoms with van der Waals surface area (Å²) in [6, 6.07) is 0. The molecule has 0 radical (unpaired) electrons. The Bertz CT molecular complexity index is 106. The summed E-state index contributed by atoms with van der Waals surface area (Å²) in [6.45, 7) is 0.479. The van der Waals surface area contributed by atoms with Gasteiger partial charge in [0.25, 0.3) is 0 Å². The summed E-state index contributed by atoms with van der Waals surface area (Å²) in [5.41, 5.74) is 0. The van der Waals surface area contributed by atoms with Gasteiger partial charge < -0.3 is 10.2 Å². The van der Waals surface area contributed by atoms with Crippen molar-refractivity contribution in [2.24, 2.45) is 11.8 Å². The molecule has 2 heteroatoms. The Labute approximate surface area is 74.6 Å². The van der Waals surface area contributed by atoms with Crippen LogP contribution < -0.4 is 0 Å². The van der Waals surface area contributed by atoms with Crippen molar-refractivity contribution >= 4 is 0 Å². The van der Waals surface area contributed by atoms with Gasteiger partial charge in [-0.05, 0) is 18.3 Å². The average molecular weight is 172 g/mol. The molecule has 1 rings (SSSR count). The summed E-state index contributed by atoms with van der Waals surface area (Å²) in [5, 5.41) is 17.9. The van der Waals surface area contributed by atoms with Gasteiger partial charge in [0.05, 0.1) is 0 Å². The number of rotatable bonds is 4. The van der Waals surface area contributed by atoms with Crippen LogP contribution in [0.5, 0.6) is 0 Å². The molecule has 2 N–H and O–H groups in total. The Hall–Kier alpha value is -0.0800. The predicted octanol–water partition coefficient (Wildman–Crippen LogP) is 1.56. The van der Waals surface area contributed by atoms with E-state index in [4.69, 9.17) is 10.2 Å². The molecule has 0 aromatic carbocycles. The molecular formula is C10H20O2. The average Bonchev–Trinajstić information content (AvgIpc) is 2.15. The largest absolute Gasteiger partial charge is 0.396 e. The van der Waals surface area contributed by atoms with Gasteiger partial charge in [0, 0.05) is 13.2 Å². The van der Waals surface area contributed by atoms with Crippen LogP contribution in [0.1, 0.15) is 38.5 Å². The van der Waals surface area contributed by atoms with E-state index in [1.807, 2.05) is 0 Å². The second-order valence-corrected chi connectivity index (χ2v) is 3.85. The minimum absolute atomic E-state index is 0.224. The van der Waals surface area contributed by atoms with E-state index in [0.29, 0.717) is 11.8 Å². The lowest BCUT2D eigenvalue weighted by Crippen LogP contribution is -2.22. The lowest BCUT2D eigenvalue weighted by molar-refractivity contribution is 0.118. The molecule has 0 aromatic rings. The maximum atomic E-state index is 9.10.